The number of aromatic nitrogens is 1. The van der Waals surface area contributed by atoms with Gasteiger partial charge in [0.05, 0.1) is 5.52 Å². The minimum absolute atomic E-state index is 0.373. The molecular weight excluding hydrogens is 284 g/mol. The van der Waals surface area contributed by atoms with Gasteiger partial charge in [0.1, 0.15) is 11.4 Å². The van der Waals surface area contributed by atoms with Crippen molar-refractivity contribution in [2.24, 2.45) is 0 Å². The normalized spacial score (nSPS) is 12.3. The quantitative estimate of drug-likeness (QED) is 0.609. The van der Waals surface area contributed by atoms with Gasteiger partial charge in [0.25, 0.3) is 0 Å². The first-order valence-corrected chi connectivity index (χ1v) is 6.02. The summed E-state index contributed by atoms with van der Waals surface area (Å²) in [7, 11) is 0. The zero-order valence-corrected chi connectivity index (χ0v) is 10.5. The Kier molecular flexibility index (Phi) is 3.71. The van der Waals surface area contributed by atoms with Crippen LogP contribution in [0.2, 0.25) is 0 Å². The summed E-state index contributed by atoms with van der Waals surface area (Å²) in [6, 6.07) is 1.10. The second kappa shape index (κ2) is 5.03. The molecular formula is C13H11F6N. The van der Waals surface area contributed by atoms with Gasteiger partial charge < -0.3 is 4.98 Å². The molecule has 0 aliphatic rings. The van der Waals surface area contributed by atoms with Gasteiger partial charge in [0.15, 0.2) is 11.6 Å². The van der Waals surface area contributed by atoms with Gasteiger partial charge in [-0.2, -0.15) is 13.2 Å². The van der Waals surface area contributed by atoms with Gasteiger partial charge in [-0.05, 0) is 18.9 Å². The Morgan fingerprint density at radius 2 is 1.70 bits per heavy atom. The molecule has 1 heterocycles. The molecule has 2 rings (SSSR count). The number of unbranched alkanes of at least 4 members (excludes halogenated alkanes) is 1. The maximum absolute atomic E-state index is 13.8. The van der Waals surface area contributed by atoms with E-state index in [0.717, 1.165) is 12.5 Å². The van der Waals surface area contributed by atoms with Crippen LogP contribution in [0, 0.1) is 17.5 Å². The predicted molar refractivity (Wildman–Crippen MR) is 61.8 cm³/mol. The lowest BCUT2D eigenvalue weighted by atomic mass is 10.1. The van der Waals surface area contributed by atoms with Gasteiger partial charge in [-0.25, -0.2) is 13.2 Å². The zero-order valence-electron chi connectivity index (χ0n) is 10.5. The Balaban J connectivity index is 2.69. The standard InChI is InChI=1S/C13H11F6N/c1-2-3-4-6-5-7-9(14)8(13(17,18)19)10(15)11(16)12(7)20-6/h5,20H,2-4H2,1H3. The summed E-state index contributed by atoms with van der Waals surface area (Å²) in [6.45, 7) is 1.89. The van der Waals surface area contributed by atoms with Crippen LogP contribution in [0.1, 0.15) is 31.0 Å². The largest absolute Gasteiger partial charge is 0.422 e. The van der Waals surface area contributed by atoms with Crippen molar-refractivity contribution in [2.75, 3.05) is 0 Å². The van der Waals surface area contributed by atoms with Crippen LogP contribution >= 0.6 is 0 Å². The second-order valence-electron chi connectivity index (χ2n) is 4.50. The van der Waals surface area contributed by atoms with Crippen LogP contribution in [0.4, 0.5) is 26.3 Å². The molecule has 0 radical (unpaired) electrons. The molecule has 0 saturated heterocycles. The van der Waals surface area contributed by atoms with E-state index in [2.05, 4.69) is 4.98 Å². The number of fused-ring (bicyclic) bond motifs is 1. The summed E-state index contributed by atoms with van der Waals surface area (Å²) >= 11 is 0. The van der Waals surface area contributed by atoms with Crippen LogP contribution in [0.15, 0.2) is 6.07 Å². The summed E-state index contributed by atoms with van der Waals surface area (Å²) in [5.74, 6) is -5.71. The zero-order chi connectivity index (χ0) is 15.1. The minimum Gasteiger partial charge on any atom is -0.356 e. The fourth-order valence-corrected chi connectivity index (χ4v) is 2.06. The number of alkyl halides is 3. The van der Waals surface area contributed by atoms with Gasteiger partial charge in [-0.1, -0.05) is 13.3 Å². The first-order valence-electron chi connectivity index (χ1n) is 6.02. The van der Waals surface area contributed by atoms with Crippen molar-refractivity contribution in [3.63, 3.8) is 0 Å². The smallest absolute Gasteiger partial charge is 0.356 e. The number of hydrogen-bond donors (Lipinski definition) is 1. The van der Waals surface area contributed by atoms with Crippen molar-refractivity contribution in [3.8, 4) is 0 Å². The van der Waals surface area contributed by atoms with Crippen molar-refractivity contribution in [3.05, 3.63) is 34.8 Å². The van der Waals surface area contributed by atoms with E-state index >= 15 is 0 Å². The molecule has 0 saturated carbocycles. The van der Waals surface area contributed by atoms with Crippen LogP contribution in [0.25, 0.3) is 10.9 Å². The highest BCUT2D eigenvalue weighted by atomic mass is 19.4. The molecule has 2 aromatic rings. The third-order valence-corrected chi connectivity index (χ3v) is 3.04. The van der Waals surface area contributed by atoms with Gasteiger partial charge >= 0.3 is 6.18 Å². The van der Waals surface area contributed by atoms with Gasteiger partial charge in [-0.15, -0.1) is 0 Å². The first-order chi connectivity index (χ1) is 9.27. The third-order valence-electron chi connectivity index (χ3n) is 3.04. The number of nitrogens with one attached hydrogen (secondary N) is 1. The average Bonchev–Trinajstić information content (AvgIpc) is 2.76. The topological polar surface area (TPSA) is 15.8 Å². The molecule has 1 aromatic carbocycles. The van der Waals surface area contributed by atoms with E-state index < -0.39 is 40.1 Å². The number of aromatic amines is 1. The van der Waals surface area contributed by atoms with Crippen molar-refractivity contribution in [1.82, 2.24) is 4.98 Å². The van der Waals surface area contributed by atoms with Crippen LogP contribution < -0.4 is 0 Å². The summed E-state index contributed by atoms with van der Waals surface area (Å²) in [4.78, 5) is 2.44. The highest BCUT2D eigenvalue weighted by Crippen LogP contribution is 2.38. The molecule has 0 amide bonds. The summed E-state index contributed by atoms with van der Waals surface area (Å²) < 4.78 is 78.5. The Morgan fingerprint density at radius 1 is 1.05 bits per heavy atom. The Bertz CT molecular complexity index is 641. The van der Waals surface area contributed by atoms with E-state index in [9.17, 15) is 26.3 Å². The van der Waals surface area contributed by atoms with Crippen molar-refractivity contribution < 1.29 is 26.3 Å². The number of rotatable bonds is 3. The molecule has 0 aliphatic heterocycles. The lowest BCUT2D eigenvalue weighted by Gasteiger charge is -2.10. The van der Waals surface area contributed by atoms with E-state index in [1.807, 2.05) is 6.92 Å². The Hall–Kier alpha value is -1.66. The lowest BCUT2D eigenvalue weighted by Crippen LogP contribution is -2.13. The van der Waals surface area contributed by atoms with Crippen molar-refractivity contribution >= 4 is 10.9 Å². The second-order valence-corrected chi connectivity index (χ2v) is 4.50. The van der Waals surface area contributed by atoms with Crippen LogP contribution in [-0.4, -0.2) is 4.98 Å². The average molecular weight is 295 g/mol. The third kappa shape index (κ3) is 2.36. The molecule has 0 aliphatic carbocycles. The summed E-state index contributed by atoms with van der Waals surface area (Å²) in [5.41, 5.74) is -2.39. The van der Waals surface area contributed by atoms with Crippen molar-refractivity contribution in [1.29, 1.82) is 0 Å². The fraction of sp³-hybridized carbons (Fsp3) is 0.385. The highest BCUT2D eigenvalue weighted by Gasteiger charge is 2.40. The van der Waals surface area contributed by atoms with Crippen molar-refractivity contribution in [2.45, 2.75) is 32.4 Å². The SMILES string of the molecule is CCCCc1cc2c(F)c(C(F)(F)F)c(F)c(F)c2[nH]1. The van der Waals surface area contributed by atoms with Crippen LogP contribution in [-0.2, 0) is 12.6 Å². The summed E-state index contributed by atoms with van der Waals surface area (Å²) in [5, 5.41) is -0.581. The van der Waals surface area contributed by atoms with Gasteiger partial charge in [0, 0.05) is 11.1 Å². The minimum atomic E-state index is -5.29. The van der Waals surface area contributed by atoms with E-state index in [4.69, 9.17) is 0 Å². The number of H-pyrrole nitrogens is 1. The molecule has 20 heavy (non-hydrogen) atoms. The van der Waals surface area contributed by atoms with Gasteiger partial charge in [-0.3, -0.25) is 0 Å². The van der Waals surface area contributed by atoms with Gasteiger partial charge in [0.2, 0.25) is 0 Å². The maximum Gasteiger partial charge on any atom is 0.422 e. The predicted octanol–water partition coefficient (Wildman–Crippen LogP) is 4.95. The lowest BCUT2D eigenvalue weighted by molar-refractivity contribution is -0.142. The molecule has 1 N–H and O–H groups in total. The van der Waals surface area contributed by atoms with Crippen LogP contribution in [0.3, 0.4) is 0 Å². The van der Waals surface area contributed by atoms with E-state index in [1.54, 1.807) is 0 Å². The summed E-state index contributed by atoms with van der Waals surface area (Å²) in [6.07, 6.45) is -3.36. The molecule has 7 heteroatoms. The highest BCUT2D eigenvalue weighted by molar-refractivity contribution is 5.83. The molecule has 0 atom stereocenters. The Morgan fingerprint density at radius 3 is 2.25 bits per heavy atom. The molecule has 110 valence electrons. The molecule has 0 spiro atoms. The fourth-order valence-electron chi connectivity index (χ4n) is 2.06. The number of aryl methyl sites for hydroxylation is 1. The number of benzene rings is 1. The van der Waals surface area contributed by atoms with E-state index in [-0.39, 0.29) is 0 Å². The molecule has 1 nitrogen and oxygen atoms in total. The molecule has 1 aromatic heterocycles. The Labute approximate surface area is 110 Å². The molecule has 0 unspecified atom stereocenters. The van der Waals surface area contributed by atoms with Crippen LogP contribution in [0.5, 0.6) is 0 Å². The van der Waals surface area contributed by atoms with E-state index in [1.165, 1.54) is 0 Å². The maximum atomic E-state index is 13.8. The molecule has 0 bridgehead atoms. The number of halogens is 6. The first kappa shape index (κ1) is 14.7. The molecule has 0 fully saturated rings. The number of hydrogen-bond acceptors (Lipinski definition) is 0. The monoisotopic (exact) mass is 295 g/mol. The van der Waals surface area contributed by atoms with E-state index in [0.29, 0.717) is 18.5 Å².